The van der Waals surface area contributed by atoms with Crippen LogP contribution in [-0.4, -0.2) is 34.5 Å². The molecule has 5 rings (SSSR count). The standard InChI is InChI=1S/C24H25FN4O2/c1-27-13-16-9-18(21(30)11-20(16)26)15-8-14-3-7-29(23(31)22(14)19(25)10-15)17-2-6-28-24(12-17)4-5-24/h3,7-11,13,17,26-28,30H,2,4-6,12H2,1H3/b16-13-,26-20?. The summed E-state index contributed by atoms with van der Waals surface area (Å²) in [6.45, 7) is 0.869. The topological polar surface area (TPSA) is 90.1 Å². The molecule has 1 unspecified atom stereocenters. The number of aliphatic hydroxyl groups is 1. The molecule has 1 spiro atoms. The van der Waals surface area contributed by atoms with E-state index in [1.165, 1.54) is 12.1 Å². The second kappa shape index (κ2) is 7.20. The number of allylic oxidation sites excluding steroid dienone is 4. The summed E-state index contributed by atoms with van der Waals surface area (Å²) in [6, 6.07) is 4.87. The molecule has 0 bridgehead atoms. The molecule has 1 saturated carbocycles. The number of piperidine rings is 1. The molecule has 4 N–H and O–H groups in total. The van der Waals surface area contributed by atoms with Gasteiger partial charge in [0.15, 0.2) is 0 Å². The summed E-state index contributed by atoms with van der Waals surface area (Å²) in [5.41, 5.74) is 1.48. The van der Waals surface area contributed by atoms with Crippen molar-refractivity contribution in [2.75, 3.05) is 13.6 Å². The van der Waals surface area contributed by atoms with Gasteiger partial charge in [-0.25, -0.2) is 4.39 Å². The number of rotatable bonds is 3. The first-order valence-electron chi connectivity index (χ1n) is 10.6. The lowest BCUT2D eigenvalue weighted by Gasteiger charge is -2.31. The molecule has 2 fully saturated rings. The Morgan fingerprint density at radius 2 is 2.16 bits per heavy atom. The van der Waals surface area contributed by atoms with E-state index in [0.29, 0.717) is 22.1 Å². The van der Waals surface area contributed by atoms with Gasteiger partial charge in [-0.2, -0.15) is 0 Å². The number of pyridine rings is 1. The smallest absolute Gasteiger partial charge is 0.261 e. The SMILES string of the molecule is CN/C=C1/C=C(c2cc(F)c3c(=O)n(C4CCNC5(CC5)C4)ccc3c2)C(O)=CC1=N. The van der Waals surface area contributed by atoms with Crippen LogP contribution in [0.15, 0.2) is 58.9 Å². The largest absolute Gasteiger partial charge is 0.507 e. The molecule has 2 aliphatic carbocycles. The van der Waals surface area contributed by atoms with Gasteiger partial charge in [-0.3, -0.25) is 4.79 Å². The number of benzene rings is 1. The minimum absolute atomic E-state index is 0.0769. The zero-order chi connectivity index (χ0) is 21.8. The summed E-state index contributed by atoms with van der Waals surface area (Å²) in [7, 11) is 1.72. The maximum Gasteiger partial charge on any atom is 0.261 e. The summed E-state index contributed by atoms with van der Waals surface area (Å²) in [5, 5.41) is 25.3. The van der Waals surface area contributed by atoms with Crippen LogP contribution < -0.4 is 16.2 Å². The van der Waals surface area contributed by atoms with Gasteiger partial charge >= 0.3 is 0 Å². The third-order valence-corrected chi connectivity index (χ3v) is 6.61. The van der Waals surface area contributed by atoms with Crippen molar-refractivity contribution < 1.29 is 9.50 Å². The normalized spacial score (nSPS) is 23.7. The predicted octanol–water partition coefficient (Wildman–Crippen LogP) is 3.56. The Labute approximate surface area is 179 Å². The van der Waals surface area contributed by atoms with Crippen molar-refractivity contribution in [1.82, 2.24) is 15.2 Å². The summed E-state index contributed by atoms with van der Waals surface area (Å²) < 4.78 is 16.9. The molecule has 1 aliphatic heterocycles. The maximum atomic E-state index is 15.2. The molecule has 160 valence electrons. The van der Waals surface area contributed by atoms with E-state index in [4.69, 9.17) is 5.41 Å². The van der Waals surface area contributed by atoms with Gasteiger partial charge in [0.05, 0.1) is 11.1 Å². The van der Waals surface area contributed by atoms with Crippen LogP contribution in [0.4, 0.5) is 4.39 Å². The van der Waals surface area contributed by atoms with Crippen LogP contribution >= 0.6 is 0 Å². The predicted molar refractivity (Wildman–Crippen MR) is 120 cm³/mol. The quantitative estimate of drug-likeness (QED) is 0.611. The molecule has 1 aromatic heterocycles. The zero-order valence-corrected chi connectivity index (χ0v) is 17.3. The van der Waals surface area contributed by atoms with Crippen LogP contribution in [0.5, 0.6) is 0 Å². The fourth-order valence-corrected chi connectivity index (χ4v) is 4.80. The molecule has 7 heteroatoms. The Bertz CT molecular complexity index is 1250. The van der Waals surface area contributed by atoms with Crippen molar-refractivity contribution in [3.63, 3.8) is 0 Å². The number of nitrogens with one attached hydrogen (secondary N) is 3. The highest BCUT2D eigenvalue weighted by Crippen LogP contribution is 2.45. The van der Waals surface area contributed by atoms with Crippen LogP contribution in [-0.2, 0) is 0 Å². The molecule has 1 atom stereocenters. The van der Waals surface area contributed by atoms with E-state index >= 15 is 4.39 Å². The van der Waals surface area contributed by atoms with E-state index in [2.05, 4.69) is 10.6 Å². The molecule has 2 heterocycles. The van der Waals surface area contributed by atoms with Gasteiger partial charge in [-0.15, -0.1) is 0 Å². The van der Waals surface area contributed by atoms with Crippen molar-refractivity contribution in [3.05, 3.63) is 75.8 Å². The molecule has 0 radical (unpaired) electrons. The number of hydrogen-bond acceptors (Lipinski definition) is 5. The van der Waals surface area contributed by atoms with Gasteiger partial charge in [0.1, 0.15) is 11.6 Å². The third kappa shape index (κ3) is 3.39. The first-order valence-corrected chi connectivity index (χ1v) is 10.6. The highest BCUT2D eigenvalue weighted by Gasteiger charge is 2.46. The first-order chi connectivity index (χ1) is 14.9. The molecule has 2 aromatic rings. The van der Waals surface area contributed by atoms with Crippen LogP contribution in [0.1, 0.15) is 37.3 Å². The van der Waals surface area contributed by atoms with Crippen LogP contribution in [0.3, 0.4) is 0 Å². The lowest BCUT2D eigenvalue weighted by molar-refractivity contribution is 0.282. The first kappa shape index (κ1) is 19.8. The van der Waals surface area contributed by atoms with Crippen molar-refractivity contribution >= 4 is 22.1 Å². The summed E-state index contributed by atoms with van der Waals surface area (Å²) in [5.74, 6) is -0.704. The summed E-state index contributed by atoms with van der Waals surface area (Å²) in [4.78, 5) is 13.2. The maximum absolute atomic E-state index is 15.2. The second-order valence-corrected chi connectivity index (χ2v) is 8.69. The number of aromatic nitrogens is 1. The molecule has 3 aliphatic rings. The Hall–Kier alpha value is -3.19. The lowest BCUT2D eigenvalue weighted by atomic mass is 9.92. The number of fused-ring (bicyclic) bond motifs is 1. The van der Waals surface area contributed by atoms with E-state index in [9.17, 15) is 9.90 Å². The molecular formula is C24H25FN4O2. The van der Waals surface area contributed by atoms with Gasteiger partial charge in [-0.1, -0.05) is 0 Å². The Morgan fingerprint density at radius 1 is 1.35 bits per heavy atom. The van der Waals surface area contributed by atoms with Crippen LogP contribution in [0.2, 0.25) is 0 Å². The van der Waals surface area contributed by atoms with Crippen LogP contribution in [0.25, 0.3) is 16.3 Å². The molecule has 6 nitrogen and oxygen atoms in total. The van der Waals surface area contributed by atoms with E-state index in [1.807, 2.05) is 0 Å². The summed E-state index contributed by atoms with van der Waals surface area (Å²) >= 11 is 0. The van der Waals surface area contributed by atoms with Crippen molar-refractivity contribution in [2.45, 2.75) is 37.3 Å². The number of hydrogen-bond donors (Lipinski definition) is 4. The fraction of sp³-hybridized carbons (Fsp3) is 0.333. The molecular weight excluding hydrogens is 395 g/mol. The van der Waals surface area contributed by atoms with E-state index < -0.39 is 5.82 Å². The van der Waals surface area contributed by atoms with E-state index in [1.54, 1.807) is 42.2 Å². The number of aliphatic hydroxyl groups excluding tert-OH is 1. The second-order valence-electron chi connectivity index (χ2n) is 8.69. The van der Waals surface area contributed by atoms with Crippen LogP contribution in [0, 0.1) is 11.2 Å². The average molecular weight is 420 g/mol. The van der Waals surface area contributed by atoms with Gasteiger partial charge in [-0.05, 0) is 67.5 Å². The fourth-order valence-electron chi connectivity index (χ4n) is 4.80. The van der Waals surface area contributed by atoms with Crippen molar-refractivity contribution in [2.24, 2.45) is 0 Å². The Balaban J connectivity index is 1.57. The van der Waals surface area contributed by atoms with Crippen molar-refractivity contribution in [1.29, 1.82) is 5.41 Å². The Morgan fingerprint density at radius 3 is 2.90 bits per heavy atom. The number of halogens is 1. The van der Waals surface area contributed by atoms with Gasteiger partial charge < -0.3 is 25.7 Å². The minimum atomic E-state index is -0.601. The van der Waals surface area contributed by atoms with E-state index in [0.717, 1.165) is 32.2 Å². The lowest BCUT2D eigenvalue weighted by Crippen LogP contribution is -2.42. The molecule has 31 heavy (non-hydrogen) atoms. The monoisotopic (exact) mass is 420 g/mol. The molecule has 0 amide bonds. The van der Waals surface area contributed by atoms with Crippen molar-refractivity contribution in [3.8, 4) is 0 Å². The molecule has 1 saturated heterocycles. The summed E-state index contributed by atoms with van der Waals surface area (Å²) in [6.07, 6.45) is 10.4. The van der Waals surface area contributed by atoms with E-state index in [-0.39, 0.29) is 34.0 Å². The van der Waals surface area contributed by atoms with Gasteiger partial charge in [0.2, 0.25) is 0 Å². The number of nitrogens with zero attached hydrogens (tertiary/aromatic N) is 1. The molecule has 1 aromatic carbocycles. The minimum Gasteiger partial charge on any atom is -0.507 e. The average Bonchev–Trinajstić information content (AvgIpc) is 3.48. The Kier molecular flexibility index (Phi) is 4.59. The van der Waals surface area contributed by atoms with Gasteiger partial charge in [0, 0.05) is 48.2 Å². The third-order valence-electron chi connectivity index (χ3n) is 6.61. The van der Waals surface area contributed by atoms with Gasteiger partial charge in [0.25, 0.3) is 5.56 Å². The zero-order valence-electron chi connectivity index (χ0n) is 17.3. The highest BCUT2D eigenvalue weighted by molar-refractivity contribution is 6.14. The highest BCUT2D eigenvalue weighted by atomic mass is 19.1.